The molecule has 0 aromatic carbocycles. The molecule has 1 unspecified atom stereocenters. The monoisotopic (exact) mass is 209 g/mol. The molecule has 0 saturated carbocycles. The summed E-state index contributed by atoms with van der Waals surface area (Å²) in [6.45, 7) is 2.56. The smallest absolute Gasteiger partial charge is 0.238 e. The van der Waals surface area contributed by atoms with Gasteiger partial charge in [0.2, 0.25) is 17.5 Å². The molecule has 1 atom stereocenters. The number of Topliss-reactive ketones (excluding diaryl/α,β-unsaturated/α-hetero) is 1. The Bertz CT molecular complexity index is 361. The van der Waals surface area contributed by atoms with Gasteiger partial charge < -0.3 is 9.42 Å². The summed E-state index contributed by atoms with van der Waals surface area (Å²) in [6, 6.07) is 0.477. The van der Waals surface area contributed by atoms with Crippen LogP contribution in [0, 0.1) is 0 Å². The molecule has 0 spiro atoms. The van der Waals surface area contributed by atoms with Gasteiger partial charge in [-0.05, 0) is 26.4 Å². The van der Waals surface area contributed by atoms with Crippen molar-refractivity contribution in [3.63, 3.8) is 0 Å². The van der Waals surface area contributed by atoms with Crippen LogP contribution in [0.4, 0.5) is 0 Å². The summed E-state index contributed by atoms with van der Waals surface area (Å²) in [4.78, 5) is 17.3. The first-order valence-electron chi connectivity index (χ1n) is 5.20. The van der Waals surface area contributed by atoms with E-state index in [2.05, 4.69) is 22.1 Å². The van der Waals surface area contributed by atoms with Crippen molar-refractivity contribution in [2.45, 2.75) is 32.2 Å². The van der Waals surface area contributed by atoms with E-state index in [1.807, 2.05) is 0 Å². The van der Waals surface area contributed by atoms with Crippen LogP contribution in [0.15, 0.2) is 4.52 Å². The summed E-state index contributed by atoms with van der Waals surface area (Å²) in [5.41, 5.74) is 0. The molecule has 0 aliphatic carbocycles. The van der Waals surface area contributed by atoms with E-state index in [0.717, 1.165) is 19.4 Å². The SMILES string of the molecule is CC(=O)c1noc(CC2CCCN2C)n1. The normalized spacial score (nSPS) is 22.1. The fraction of sp³-hybridized carbons (Fsp3) is 0.700. The predicted octanol–water partition coefficient (Wildman–Crippen LogP) is 0.909. The van der Waals surface area contributed by atoms with Crippen LogP contribution in [0.25, 0.3) is 0 Å². The lowest BCUT2D eigenvalue weighted by molar-refractivity contribution is 0.100. The van der Waals surface area contributed by atoms with Crippen LogP contribution in [-0.4, -0.2) is 40.5 Å². The highest BCUT2D eigenvalue weighted by Crippen LogP contribution is 2.18. The van der Waals surface area contributed by atoms with Crippen LogP contribution >= 0.6 is 0 Å². The zero-order chi connectivity index (χ0) is 10.8. The van der Waals surface area contributed by atoms with Crippen LogP contribution in [0.1, 0.15) is 36.3 Å². The number of aromatic nitrogens is 2. The molecule has 2 rings (SSSR count). The third-order valence-corrected chi connectivity index (χ3v) is 2.86. The van der Waals surface area contributed by atoms with Crippen LogP contribution in [0.3, 0.4) is 0 Å². The van der Waals surface area contributed by atoms with E-state index in [0.29, 0.717) is 11.9 Å². The van der Waals surface area contributed by atoms with Crippen molar-refractivity contribution in [1.82, 2.24) is 15.0 Å². The summed E-state index contributed by atoms with van der Waals surface area (Å²) in [7, 11) is 2.10. The molecule has 0 bridgehead atoms. The topological polar surface area (TPSA) is 59.2 Å². The number of ketones is 1. The average molecular weight is 209 g/mol. The van der Waals surface area contributed by atoms with E-state index < -0.39 is 0 Å². The van der Waals surface area contributed by atoms with Gasteiger partial charge in [-0.3, -0.25) is 4.79 Å². The molecule has 1 aromatic rings. The van der Waals surface area contributed by atoms with Gasteiger partial charge in [0.25, 0.3) is 0 Å². The van der Waals surface area contributed by atoms with E-state index in [1.165, 1.54) is 13.3 Å². The molecule has 1 aliphatic heterocycles. The highest BCUT2D eigenvalue weighted by molar-refractivity contribution is 5.89. The third kappa shape index (κ3) is 2.23. The van der Waals surface area contributed by atoms with Gasteiger partial charge in [-0.15, -0.1) is 0 Å². The molecule has 1 saturated heterocycles. The number of likely N-dealkylation sites (N-methyl/N-ethyl adjacent to an activating group) is 1. The highest BCUT2D eigenvalue weighted by Gasteiger charge is 2.23. The molecule has 15 heavy (non-hydrogen) atoms. The van der Waals surface area contributed by atoms with E-state index in [1.54, 1.807) is 0 Å². The molecule has 2 heterocycles. The van der Waals surface area contributed by atoms with Crippen molar-refractivity contribution >= 4 is 5.78 Å². The Hall–Kier alpha value is -1.23. The molecule has 5 heteroatoms. The van der Waals surface area contributed by atoms with Gasteiger partial charge in [-0.1, -0.05) is 5.16 Å². The van der Waals surface area contributed by atoms with Crippen LogP contribution in [0.5, 0.6) is 0 Å². The lowest BCUT2D eigenvalue weighted by Crippen LogP contribution is -2.26. The van der Waals surface area contributed by atoms with Crippen molar-refractivity contribution in [2.24, 2.45) is 0 Å². The lowest BCUT2D eigenvalue weighted by atomic mass is 10.1. The van der Waals surface area contributed by atoms with Gasteiger partial charge in [0.05, 0.1) is 0 Å². The standard InChI is InChI=1S/C10H15N3O2/c1-7(14)10-11-9(15-12-10)6-8-4-3-5-13(8)2/h8H,3-6H2,1-2H3. The highest BCUT2D eigenvalue weighted by atomic mass is 16.5. The van der Waals surface area contributed by atoms with Crippen molar-refractivity contribution in [3.8, 4) is 0 Å². The minimum atomic E-state index is -0.148. The zero-order valence-electron chi connectivity index (χ0n) is 9.06. The fourth-order valence-electron chi connectivity index (χ4n) is 1.92. The molecule has 0 radical (unpaired) electrons. The number of carbonyl (C=O) groups excluding carboxylic acids is 1. The van der Waals surface area contributed by atoms with Gasteiger partial charge >= 0.3 is 0 Å². The maximum atomic E-state index is 11.0. The largest absolute Gasteiger partial charge is 0.339 e. The molecule has 5 nitrogen and oxygen atoms in total. The van der Waals surface area contributed by atoms with Gasteiger partial charge in [0.1, 0.15) is 0 Å². The number of hydrogen-bond acceptors (Lipinski definition) is 5. The lowest BCUT2D eigenvalue weighted by Gasteiger charge is -2.16. The van der Waals surface area contributed by atoms with Crippen molar-refractivity contribution in [3.05, 3.63) is 11.7 Å². The quantitative estimate of drug-likeness (QED) is 0.692. The van der Waals surface area contributed by atoms with Crippen molar-refractivity contribution in [2.75, 3.05) is 13.6 Å². The minimum absolute atomic E-state index is 0.148. The molecule has 0 N–H and O–H groups in total. The van der Waals surface area contributed by atoms with Crippen LogP contribution in [-0.2, 0) is 6.42 Å². The van der Waals surface area contributed by atoms with Crippen LogP contribution in [0.2, 0.25) is 0 Å². The Morgan fingerprint density at radius 2 is 2.47 bits per heavy atom. The Labute approximate surface area is 88.5 Å². The van der Waals surface area contributed by atoms with Gasteiger partial charge in [0, 0.05) is 19.4 Å². The Kier molecular flexibility index (Phi) is 2.81. The van der Waals surface area contributed by atoms with E-state index in [4.69, 9.17) is 4.52 Å². The summed E-state index contributed by atoms with van der Waals surface area (Å²) >= 11 is 0. The third-order valence-electron chi connectivity index (χ3n) is 2.86. The summed E-state index contributed by atoms with van der Waals surface area (Å²) < 4.78 is 5.03. The molecule has 82 valence electrons. The molecule has 1 fully saturated rings. The number of nitrogens with zero attached hydrogens (tertiary/aromatic N) is 3. The molecule has 0 amide bonds. The maximum Gasteiger partial charge on any atom is 0.238 e. The summed E-state index contributed by atoms with van der Waals surface area (Å²) in [5, 5.41) is 3.63. The predicted molar refractivity (Wildman–Crippen MR) is 53.7 cm³/mol. The molecule has 1 aliphatic rings. The first-order valence-corrected chi connectivity index (χ1v) is 5.20. The minimum Gasteiger partial charge on any atom is -0.339 e. The number of hydrogen-bond donors (Lipinski definition) is 0. The van der Waals surface area contributed by atoms with Gasteiger partial charge in [0.15, 0.2) is 0 Å². The summed E-state index contributed by atoms with van der Waals surface area (Å²) in [5.74, 6) is 0.606. The van der Waals surface area contributed by atoms with E-state index in [-0.39, 0.29) is 11.6 Å². The second kappa shape index (κ2) is 4.10. The van der Waals surface area contributed by atoms with Crippen molar-refractivity contribution < 1.29 is 9.32 Å². The van der Waals surface area contributed by atoms with E-state index in [9.17, 15) is 4.79 Å². The zero-order valence-corrected chi connectivity index (χ0v) is 9.06. The fourth-order valence-corrected chi connectivity index (χ4v) is 1.92. The Morgan fingerprint density at radius 3 is 3.00 bits per heavy atom. The second-order valence-corrected chi connectivity index (χ2v) is 4.05. The molecular formula is C10H15N3O2. The second-order valence-electron chi connectivity index (χ2n) is 4.05. The Balaban J connectivity index is 2.01. The first-order chi connectivity index (χ1) is 7.16. The number of rotatable bonds is 3. The van der Waals surface area contributed by atoms with Gasteiger partial charge in [-0.2, -0.15) is 4.98 Å². The van der Waals surface area contributed by atoms with E-state index >= 15 is 0 Å². The average Bonchev–Trinajstić information content (AvgIpc) is 2.77. The first kappa shape index (κ1) is 10.3. The number of likely N-dealkylation sites (tertiary alicyclic amines) is 1. The number of carbonyl (C=O) groups is 1. The van der Waals surface area contributed by atoms with Gasteiger partial charge in [-0.25, -0.2) is 0 Å². The van der Waals surface area contributed by atoms with Crippen LogP contribution < -0.4 is 0 Å². The maximum absolute atomic E-state index is 11.0. The molecular weight excluding hydrogens is 194 g/mol. The summed E-state index contributed by atoms with van der Waals surface area (Å²) in [6.07, 6.45) is 3.12. The Morgan fingerprint density at radius 1 is 1.67 bits per heavy atom. The van der Waals surface area contributed by atoms with Crippen molar-refractivity contribution in [1.29, 1.82) is 0 Å². The molecule has 1 aromatic heterocycles.